The molecule has 19 heavy (non-hydrogen) atoms. The molecule has 1 aromatic heterocycles. The fraction of sp³-hybridized carbons (Fsp3) is 0.0769. The van der Waals surface area contributed by atoms with Crippen LogP contribution in [0, 0.1) is 0 Å². The van der Waals surface area contributed by atoms with Crippen molar-refractivity contribution >= 4 is 23.0 Å². The molecule has 0 unspecified atom stereocenters. The zero-order valence-corrected chi connectivity index (χ0v) is 13.2. The number of hydrogen-bond acceptors (Lipinski definition) is 5. The third-order valence-electron chi connectivity index (χ3n) is 2.18. The molecule has 0 aliphatic heterocycles. The van der Waals surface area contributed by atoms with E-state index < -0.39 is 5.97 Å². The molecule has 0 saturated carbocycles. The number of carboxylic acids is 1. The SMILES string of the molecule is O=C([O-])/C(=N/OCc1ccccc1)c1cccs1.[Na+]. The fourth-order valence-corrected chi connectivity index (χ4v) is 2.03. The molecule has 0 atom stereocenters. The zero-order chi connectivity index (χ0) is 12.8. The number of carboxylic acid groups (broad SMARTS) is 1. The summed E-state index contributed by atoms with van der Waals surface area (Å²) in [5.74, 6) is -1.34. The van der Waals surface area contributed by atoms with Crippen LogP contribution >= 0.6 is 11.3 Å². The minimum Gasteiger partial charge on any atom is -0.543 e. The van der Waals surface area contributed by atoms with Crippen LogP contribution in [0.15, 0.2) is 53.0 Å². The van der Waals surface area contributed by atoms with Crippen LogP contribution in [-0.4, -0.2) is 11.7 Å². The Bertz CT molecular complexity index is 540. The van der Waals surface area contributed by atoms with Crippen LogP contribution in [0.1, 0.15) is 10.4 Å². The first-order valence-corrected chi connectivity index (χ1v) is 6.14. The molecular formula is C13H10NNaO3S. The van der Waals surface area contributed by atoms with Crippen LogP contribution in [-0.2, 0) is 16.2 Å². The van der Waals surface area contributed by atoms with Crippen LogP contribution in [0.3, 0.4) is 0 Å². The van der Waals surface area contributed by atoms with Crippen molar-refractivity contribution in [2.75, 3.05) is 0 Å². The van der Waals surface area contributed by atoms with E-state index in [-0.39, 0.29) is 41.9 Å². The van der Waals surface area contributed by atoms with Gasteiger partial charge in [-0.2, -0.15) is 0 Å². The summed E-state index contributed by atoms with van der Waals surface area (Å²) in [6.07, 6.45) is 0. The average molecular weight is 283 g/mol. The Hall–Kier alpha value is -1.14. The van der Waals surface area contributed by atoms with E-state index in [4.69, 9.17) is 4.84 Å². The summed E-state index contributed by atoms with van der Waals surface area (Å²) in [7, 11) is 0. The molecule has 0 saturated heterocycles. The van der Waals surface area contributed by atoms with Gasteiger partial charge in [0.25, 0.3) is 0 Å². The van der Waals surface area contributed by atoms with Gasteiger partial charge in [0.2, 0.25) is 0 Å². The van der Waals surface area contributed by atoms with Crippen LogP contribution in [0.4, 0.5) is 0 Å². The van der Waals surface area contributed by atoms with Crippen LogP contribution in [0.25, 0.3) is 0 Å². The maximum absolute atomic E-state index is 10.9. The van der Waals surface area contributed by atoms with Gasteiger partial charge in [0.05, 0.1) is 10.8 Å². The summed E-state index contributed by atoms with van der Waals surface area (Å²) in [6.45, 7) is 0.225. The van der Waals surface area contributed by atoms with Gasteiger partial charge in [-0.25, -0.2) is 0 Å². The van der Waals surface area contributed by atoms with Crippen molar-refractivity contribution in [3.8, 4) is 0 Å². The van der Waals surface area contributed by atoms with E-state index in [0.29, 0.717) is 4.88 Å². The van der Waals surface area contributed by atoms with Gasteiger partial charge < -0.3 is 14.7 Å². The molecule has 2 rings (SSSR count). The van der Waals surface area contributed by atoms with Crippen molar-refractivity contribution in [3.63, 3.8) is 0 Å². The number of benzene rings is 1. The molecule has 4 nitrogen and oxygen atoms in total. The van der Waals surface area contributed by atoms with Gasteiger partial charge >= 0.3 is 29.6 Å². The van der Waals surface area contributed by atoms with Crippen molar-refractivity contribution in [3.05, 3.63) is 58.3 Å². The van der Waals surface area contributed by atoms with E-state index in [1.165, 1.54) is 11.3 Å². The van der Waals surface area contributed by atoms with Crippen LogP contribution in [0.2, 0.25) is 0 Å². The molecule has 0 spiro atoms. The monoisotopic (exact) mass is 283 g/mol. The van der Waals surface area contributed by atoms with Crippen molar-refractivity contribution in [1.82, 2.24) is 0 Å². The Morgan fingerprint density at radius 2 is 1.95 bits per heavy atom. The number of hydrogen-bond donors (Lipinski definition) is 0. The molecule has 0 N–H and O–H groups in total. The predicted octanol–water partition coefficient (Wildman–Crippen LogP) is -1.58. The van der Waals surface area contributed by atoms with Crippen molar-refractivity contribution in [2.45, 2.75) is 6.61 Å². The molecule has 0 aliphatic carbocycles. The number of nitrogens with zero attached hydrogens (tertiary/aromatic N) is 1. The van der Waals surface area contributed by atoms with Gasteiger partial charge in [0, 0.05) is 0 Å². The third kappa shape index (κ3) is 4.80. The molecular weight excluding hydrogens is 273 g/mol. The smallest absolute Gasteiger partial charge is 0.543 e. The predicted molar refractivity (Wildman–Crippen MR) is 67.1 cm³/mol. The second kappa shape index (κ2) is 8.12. The molecule has 0 bridgehead atoms. The van der Waals surface area contributed by atoms with Crippen LogP contribution in [0.5, 0.6) is 0 Å². The van der Waals surface area contributed by atoms with E-state index >= 15 is 0 Å². The number of thiophene rings is 1. The maximum atomic E-state index is 10.9. The molecule has 0 fully saturated rings. The second-order valence-electron chi connectivity index (χ2n) is 3.46. The Morgan fingerprint density at radius 1 is 1.21 bits per heavy atom. The first-order valence-electron chi connectivity index (χ1n) is 5.26. The normalized spacial score (nSPS) is 10.6. The quantitative estimate of drug-likeness (QED) is 0.378. The van der Waals surface area contributed by atoms with Gasteiger partial charge in [0.15, 0.2) is 0 Å². The number of aliphatic carboxylic acids is 1. The van der Waals surface area contributed by atoms with Gasteiger partial charge in [-0.05, 0) is 17.0 Å². The van der Waals surface area contributed by atoms with E-state index in [2.05, 4.69) is 5.16 Å². The summed E-state index contributed by atoms with van der Waals surface area (Å²) in [5.41, 5.74) is 0.742. The first-order chi connectivity index (χ1) is 8.77. The Labute approximate surface area is 137 Å². The van der Waals surface area contributed by atoms with E-state index in [1.807, 2.05) is 30.3 Å². The van der Waals surface area contributed by atoms with Gasteiger partial charge in [-0.3, -0.25) is 0 Å². The second-order valence-corrected chi connectivity index (χ2v) is 4.41. The number of carbonyl (C=O) groups is 1. The third-order valence-corrected chi connectivity index (χ3v) is 3.05. The number of carbonyl (C=O) groups excluding carboxylic acids is 1. The molecule has 1 heterocycles. The minimum atomic E-state index is -1.34. The zero-order valence-electron chi connectivity index (χ0n) is 10.4. The summed E-state index contributed by atoms with van der Waals surface area (Å²) < 4.78 is 0. The topological polar surface area (TPSA) is 61.7 Å². The van der Waals surface area contributed by atoms with Crippen molar-refractivity contribution in [2.24, 2.45) is 5.16 Å². The minimum absolute atomic E-state index is 0. The summed E-state index contributed by atoms with van der Waals surface area (Å²) in [5, 5.41) is 16.3. The Morgan fingerprint density at radius 3 is 2.53 bits per heavy atom. The Kier molecular flexibility index (Phi) is 6.80. The summed E-state index contributed by atoms with van der Waals surface area (Å²) in [4.78, 5) is 16.5. The maximum Gasteiger partial charge on any atom is 1.00 e. The molecule has 6 heteroatoms. The van der Waals surface area contributed by atoms with E-state index in [0.717, 1.165) is 5.56 Å². The van der Waals surface area contributed by atoms with Crippen molar-refractivity contribution < 1.29 is 44.3 Å². The van der Waals surface area contributed by atoms with E-state index in [1.54, 1.807) is 17.5 Å². The average Bonchev–Trinajstić information content (AvgIpc) is 2.89. The molecule has 0 aliphatic rings. The van der Waals surface area contributed by atoms with Crippen molar-refractivity contribution in [1.29, 1.82) is 0 Å². The Balaban J connectivity index is 0.00000180. The number of rotatable bonds is 5. The van der Waals surface area contributed by atoms with Gasteiger partial charge in [0.1, 0.15) is 12.3 Å². The largest absolute Gasteiger partial charge is 1.00 e. The first kappa shape index (κ1) is 15.9. The molecule has 0 amide bonds. The molecule has 0 radical (unpaired) electrons. The molecule has 1 aromatic carbocycles. The summed E-state index contributed by atoms with van der Waals surface area (Å²) in [6, 6.07) is 12.8. The molecule has 92 valence electrons. The fourth-order valence-electron chi connectivity index (χ4n) is 1.34. The van der Waals surface area contributed by atoms with Gasteiger partial charge in [-0.1, -0.05) is 41.6 Å². The standard InChI is InChI=1S/C13H11NO3S.Na/c15-13(16)12(11-7-4-8-18-11)14-17-9-10-5-2-1-3-6-10;/h1-8H,9H2,(H,15,16);/q;+1/p-1/b14-12+;. The molecule has 2 aromatic rings. The number of oxime groups is 1. The summed E-state index contributed by atoms with van der Waals surface area (Å²) >= 11 is 1.27. The van der Waals surface area contributed by atoms with Gasteiger partial charge in [-0.15, -0.1) is 11.3 Å². The van der Waals surface area contributed by atoms with Crippen LogP contribution < -0.4 is 34.7 Å². The van der Waals surface area contributed by atoms with E-state index in [9.17, 15) is 9.90 Å².